The minimum Gasteiger partial charge on any atom is -0.478 e. The van der Waals surface area contributed by atoms with E-state index in [1.807, 2.05) is 13.8 Å². The summed E-state index contributed by atoms with van der Waals surface area (Å²) in [6.45, 7) is 4.29. The number of hydrogen-bond donors (Lipinski definition) is 3. The zero-order valence-electron chi connectivity index (χ0n) is 9.43. The summed E-state index contributed by atoms with van der Waals surface area (Å²) in [5, 5.41) is 20.9. The Morgan fingerprint density at radius 2 is 2.25 bits per heavy atom. The highest BCUT2D eigenvalue weighted by molar-refractivity contribution is 5.88. The van der Waals surface area contributed by atoms with Crippen molar-refractivity contribution in [2.45, 2.75) is 26.4 Å². The van der Waals surface area contributed by atoms with Gasteiger partial charge in [-0.3, -0.25) is 0 Å². The Morgan fingerprint density at radius 1 is 1.56 bits per heavy atom. The van der Waals surface area contributed by atoms with E-state index in [0.717, 1.165) is 0 Å². The van der Waals surface area contributed by atoms with Gasteiger partial charge in [0.25, 0.3) is 0 Å². The second-order valence-corrected chi connectivity index (χ2v) is 3.89. The first-order chi connectivity index (χ1) is 7.56. The molecule has 0 bridgehead atoms. The fourth-order valence-corrected chi connectivity index (χ4v) is 1.28. The molecule has 0 amide bonds. The SMILES string of the molecule is CC(CO)C(C)NCc1occc1C(=O)O. The molecule has 1 aromatic rings. The van der Waals surface area contributed by atoms with Crippen molar-refractivity contribution < 1.29 is 19.4 Å². The van der Waals surface area contributed by atoms with Crippen LogP contribution in [0.4, 0.5) is 0 Å². The highest BCUT2D eigenvalue weighted by atomic mass is 16.4. The van der Waals surface area contributed by atoms with Gasteiger partial charge in [-0.1, -0.05) is 6.92 Å². The maximum absolute atomic E-state index is 10.8. The Kier molecular flexibility index (Phi) is 4.52. The molecule has 0 aliphatic heterocycles. The molecule has 0 aliphatic carbocycles. The molecule has 5 heteroatoms. The van der Waals surface area contributed by atoms with Gasteiger partial charge in [-0.25, -0.2) is 4.79 Å². The number of nitrogens with one attached hydrogen (secondary N) is 1. The molecule has 1 aromatic heterocycles. The van der Waals surface area contributed by atoms with Gasteiger partial charge in [0.15, 0.2) is 0 Å². The van der Waals surface area contributed by atoms with Crippen LogP contribution in [0.5, 0.6) is 0 Å². The first kappa shape index (κ1) is 12.7. The van der Waals surface area contributed by atoms with Gasteiger partial charge in [-0.15, -0.1) is 0 Å². The van der Waals surface area contributed by atoms with Crippen molar-refractivity contribution in [3.8, 4) is 0 Å². The van der Waals surface area contributed by atoms with Gasteiger partial charge in [0.2, 0.25) is 0 Å². The summed E-state index contributed by atoms with van der Waals surface area (Å²) in [7, 11) is 0. The predicted octanol–water partition coefficient (Wildman–Crippen LogP) is 1.08. The Labute approximate surface area is 94.1 Å². The zero-order chi connectivity index (χ0) is 12.1. The van der Waals surface area contributed by atoms with Crippen LogP contribution in [-0.4, -0.2) is 28.8 Å². The highest BCUT2D eigenvalue weighted by Gasteiger charge is 2.15. The molecule has 2 unspecified atom stereocenters. The number of rotatable bonds is 6. The maximum atomic E-state index is 10.8. The summed E-state index contributed by atoms with van der Waals surface area (Å²) in [6, 6.07) is 1.52. The zero-order valence-corrected chi connectivity index (χ0v) is 9.43. The first-order valence-electron chi connectivity index (χ1n) is 5.20. The molecule has 90 valence electrons. The van der Waals surface area contributed by atoms with Gasteiger partial charge >= 0.3 is 5.97 Å². The van der Waals surface area contributed by atoms with Crippen molar-refractivity contribution in [3.63, 3.8) is 0 Å². The summed E-state index contributed by atoms with van der Waals surface area (Å²) >= 11 is 0. The lowest BCUT2D eigenvalue weighted by molar-refractivity contribution is 0.0694. The van der Waals surface area contributed by atoms with E-state index in [9.17, 15) is 4.79 Å². The highest BCUT2D eigenvalue weighted by Crippen LogP contribution is 2.11. The van der Waals surface area contributed by atoms with Crippen molar-refractivity contribution in [3.05, 3.63) is 23.7 Å². The summed E-state index contributed by atoms with van der Waals surface area (Å²) < 4.78 is 5.08. The van der Waals surface area contributed by atoms with Crippen LogP contribution in [0.25, 0.3) is 0 Å². The van der Waals surface area contributed by atoms with Crippen LogP contribution >= 0.6 is 0 Å². The number of aromatic carboxylic acids is 1. The van der Waals surface area contributed by atoms with Crippen LogP contribution in [0, 0.1) is 5.92 Å². The van der Waals surface area contributed by atoms with Crippen LogP contribution in [-0.2, 0) is 6.54 Å². The Hall–Kier alpha value is -1.33. The molecular weight excluding hydrogens is 210 g/mol. The van der Waals surface area contributed by atoms with E-state index in [4.69, 9.17) is 14.6 Å². The number of aliphatic hydroxyl groups excluding tert-OH is 1. The molecule has 0 aliphatic rings. The van der Waals surface area contributed by atoms with Gasteiger partial charge in [0.1, 0.15) is 11.3 Å². The third-order valence-electron chi connectivity index (χ3n) is 2.70. The summed E-state index contributed by atoms with van der Waals surface area (Å²) in [4.78, 5) is 10.8. The smallest absolute Gasteiger partial charge is 0.339 e. The predicted molar refractivity (Wildman–Crippen MR) is 58.2 cm³/mol. The van der Waals surface area contributed by atoms with Gasteiger partial charge in [0, 0.05) is 12.6 Å². The normalized spacial score (nSPS) is 14.7. The van der Waals surface area contributed by atoms with Crippen molar-refractivity contribution in [2.24, 2.45) is 5.92 Å². The second kappa shape index (κ2) is 5.67. The van der Waals surface area contributed by atoms with Crippen molar-refractivity contribution in [1.29, 1.82) is 0 Å². The monoisotopic (exact) mass is 227 g/mol. The number of carboxylic acids is 1. The first-order valence-corrected chi connectivity index (χ1v) is 5.20. The maximum Gasteiger partial charge on any atom is 0.339 e. The van der Waals surface area contributed by atoms with E-state index in [0.29, 0.717) is 12.3 Å². The fourth-order valence-electron chi connectivity index (χ4n) is 1.28. The lowest BCUT2D eigenvalue weighted by Crippen LogP contribution is -2.33. The number of carboxylic acid groups (broad SMARTS) is 1. The topological polar surface area (TPSA) is 82.7 Å². The lowest BCUT2D eigenvalue weighted by atomic mass is 10.1. The largest absolute Gasteiger partial charge is 0.478 e. The van der Waals surface area contributed by atoms with Gasteiger partial charge < -0.3 is 19.9 Å². The van der Waals surface area contributed by atoms with E-state index < -0.39 is 5.97 Å². The molecular formula is C11H17NO4. The Morgan fingerprint density at radius 3 is 2.81 bits per heavy atom. The van der Waals surface area contributed by atoms with Gasteiger partial charge in [0.05, 0.1) is 12.8 Å². The third kappa shape index (κ3) is 3.08. The van der Waals surface area contributed by atoms with Crippen LogP contribution in [0.15, 0.2) is 16.7 Å². The van der Waals surface area contributed by atoms with E-state index >= 15 is 0 Å². The average Bonchev–Trinajstić information content (AvgIpc) is 2.72. The minimum absolute atomic E-state index is 0.0942. The quantitative estimate of drug-likeness (QED) is 0.677. The van der Waals surface area contributed by atoms with E-state index in [1.165, 1.54) is 12.3 Å². The molecule has 1 rings (SSSR count). The van der Waals surface area contributed by atoms with Crippen LogP contribution in [0.1, 0.15) is 30.0 Å². The molecule has 0 saturated carbocycles. The molecule has 0 spiro atoms. The number of hydrogen-bond acceptors (Lipinski definition) is 4. The van der Waals surface area contributed by atoms with Crippen LogP contribution in [0.3, 0.4) is 0 Å². The van der Waals surface area contributed by atoms with E-state index in [-0.39, 0.29) is 24.1 Å². The minimum atomic E-state index is -0.992. The molecule has 0 saturated heterocycles. The van der Waals surface area contributed by atoms with Crippen LogP contribution in [0.2, 0.25) is 0 Å². The molecule has 0 aromatic carbocycles. The molecule has 16 heavy (non-hydrogen) atoms. The van der Waals surface area contributed by atoms with E-state index in [1.54, 1.807) is 0 Å². The number of furan rings is 1. The molecule has 2 atom stereocenters. The third-order valence-corrected chi connectivity index (χ3v) is 2.70. The fraction of sp³-hybridized carbons (Fsp3) is 0.545. The molecule has 3 N–H and O–H groups in total. The Balaban J connectivity index is 2.54. The standard InChI is InChI=1S/C11H17NO4/c1-7(6-13)8(2)12-5-10-9(11(14)15)3-4-16-10/h3-4,7-8,12-13H,5-6H2,1-2H3,(H,14,15). The van der Waals surface area contributed by atoms with Crippen molar-refractivity contribution in [1.82, 2.24) is 5.32 Å². The average molecular weight is 227 g/mol. The molecule has 0 fully saturated rings. The van der Waals surface area contributed by atoms with Gasteiger partial charge in [-0.05, 0) is 18.9 Å². The molecule has 0 radical (unpaired) electrons. The molecule has 1 heterocycles. The molecule has 5 nitrogen and oxygen atoms in total. The number of carbonyl (C=O) groups is 1. The van der Waals surface area contributed by atoms with Crippen molar-refractivity contribution in [2.75, 3.05) is 6.61 Å². The van der Waals surface area contributed by atoms with Gasteiger partial charge in [-0.2, -0.15) is 0 Å². The summed E-state index contributed by atoms with van der Waals surface area (Å²) in [6.07, 6.45) is 1.36. The van der Waals surface area contributed by atoms with Crippen LogP contribution < -0.4 is 5.32 Å². The Bertz CT molecular complexity index is 348. The number of aliphatic hydroxyl groups is 1. The second-order valence-electron chi connectivity index (χ2n) is 3.89. The van der Waals surface area contributed by atoms with Crippen molar-refractivity contribution >= 4 is 5.97 Å². The van der Waals surface area contributed by atoms with E-state index in [2.05, 4.69) is 5.32 Å². The summed E-state index contributed by atoms with van der Waals surface area (Å²) in [5.41, 5.74) is 0.177. The lowest BCUT2D eigenvalue weighted by Gasteiger charge is -2.18. The summed E-state index contributed by atoms with van der Waals surface area (Å²) in [5.74, 6) is -0.471.